The van der Waals surface area contributed by atoms with E-state index in [2.05, 4.69) is 4.98 Å². The number of nitrogen functional groups attached to an aromatic ring is 1. The number of sulfone groups is 1. The summed E-state index contributed by atoms with van der Waals surface area (Å²) in [6.45, 7) is 0. The number of fused-ring (bicyclic) bond motifs is 1. The summed E-state index contributed by atoms with van der Waals surface area (Å²) in [5, 5.41) is -0.386. The molecule has 4 aromatic rings. The van der Waals surface area contributed by atoms with E-state index in [1.165, 1.54) is 24.3 Å². The van der Waals surface area contributed by atoms with Gasteiger partial charge in [0.25, 0.3) is 10.1 Å². The number of aromatic amines is 1. The number of H-pyrrole nitrogens is 1. The Balaban J connectivity index is 2.12. The molecule has 0 saturated heterocycles. The number of rotatable bonds is 4. The molecule has 1 aromatic heterocycles. The number of hydrogen-bond acceptors (Lipinski definition) is 5. The van der Waals surface area contributed by atoms with Crippen LogP contribution in [0.25, 0.3) is 22.2 Å². The number of halogens is 2. The lowest BCUT2D eigenvalue weighted by molar-refractivity contribution is 0.484. The number of nitrogens with two attached hydrogens (primary N) is 1. The molecule has 0 radical (unpaired) electrons. The Morgan fingerprint density at radius 2 is 1.52 bits per heavy atom. The lowest BCUT2D eigenvalue weighted by Gasteiger charge is -2.11. The molecule has 0 atom stereocenters. The van der Waals surface area contributed by atoms with Crippen LogP contribution in [0.1, 0.15) is 0 Å². The first-order valence-electron chi connectivity index (χ1n) is 8.69. The summed E-state index contributed by atoms with van der Waals surface area (Å²) in [6.07, 6.45) is 0. The fourth-order valence-corrected chi connectivity index (χ4v) is 6.58. The normalized spacial score (nSPS) is 12.4. The van der Waals surface area contributed by atoms with Gasteiger partial charge in [-0.15, -0.1) is 0 Å². The summed E-state index contributed by atoms with van der Waals surface area (Å²) in [7, 11) is -9.18. The predicted octanol–water partition coefficient (Wildman–Crippen LogP) is 4.80. The average molecular weight is 497 g/mol. The molecule has 11 heteroatoms. The maximum atomic E-state index is 13.5. The third kappa shape index (κ3) is 3.68. The molecule has 3 aromatic carbocycles. The molecule has 4 N–H and O–H groups in total. The van der Waals surface area contributed by atoms with Gasteiger partial charge in [-0.3, -0.25) is 4.55 Å². The van der Waals surface area contributed by atoms with Crippen LogP contribution in [0.4, 0.5) is 5.69 Å². The minimum atomic E-state index is -4.83. The monoisotopic (exact) mass is 496 g/mol. The van der Waals surface area contributed by atoms with Gasteiger partial charge in [0.2, 0.25) is 9.84 Å². The van der Waals surface area contributed by atoms with E-state index < -0.39 is 24.9 Å². The first-order valence-corrected chi connectivity index (χ1v) is 12.4. The van der Waals surface area contributed by atoms with Crippen LogP contribution in [0.5, 0.6) is 0 Å². The third-order valence-electron chi connectivity index (χ3n) is 4.69. The second-order valence-electron chi connectivity index (χ2n) is 6.66. The van der Waals surface area contributed by atoms with Crippen LogP contribution < -0.4 is 5.73 Å². The van der Waals surface area contributed by atoms with Crippen LogP contribution in [0.3, 0.4) is 0 Å². The molecule has 0 unspecified atom stereocenters. The molecule has 1 heterocycles. The van der Waals surface area contributed by atoms with Crippen molar-refractivity contribution in [3.05, 3.63) is 70.7 Å². The summed E-state index contributed by atoms with van der Waals surface area (Å²) in [4.78, 5) is 1.65. The van der Waals surface area contributed by atoms with Gasteiger partial charge in [-0.25, -0.2) is 8.42 Å². The van der Waals surface area contributed by atoms with E-state index in [1.807, 2.05) is 0 Å². The van der Waals surface area contributed by atoms with Gasteiger partial charge in [-0.1, -0.05) is 59.6 Å². The molecule has 0 aliphatic heterocycles. The fraction of sp³-hybridized carbons (Fsp3) is 0. The van der Waals surface area contributed by atoms with Gasteiger partial charge < -0.3 is 10.7 Å². The zero-order valence-corrected chi connectivity index (χ0v) is 18.6. The summed E-state index contributed by atoms with van der Waals surface area (Å²) < 4.78 is 61.7. The molecule has 0 aliphatic carbocycles. The van der Waals surface area contributed by atoms with Gasteiger partial charge in [-0.2, -0.15) is 8.42 Å². The highest BCUT2D eigenvalue weighted by atomic mass is 35.5. The quantitative estimate of drug-likeness (QED) is 0.274. The zero-order chi connectivity index (χ0) is 22.6. The third-order valence-corrected chi connectivity index (χ3v) is 8.20. The van der Waals surface area contributed by atoms with Crippen molar-refractivity contribution >= 4 is 59.7 Å². The van der Waals surface area contributed by atoms with Crippen molar-refractivity contribution in [3.63, 3.8) is 0 Å². The van der Waals surface area contributed by atoms with Gasteiger partial charge in [0.15, 0.2) is 0 Å². The summed E-state index contributed by atoms with van der Waals surface area (Å²) in [6, 6.07) is 14.9. The second-order valence-corrected chi connectivity index (χ2v) is 10.7. The first-order chi connectivity index (χ1) is 14.5. The molecule has 0 saturated carbocycles. The van der Waals surface area contributed by atoms with Crippen molar-refractivity contribution < 1.29 is 21.4 Å². The molecule has 0 spiro atoms. The SMILES string of the molecule is Nc1cc(Cl)c(S(=O)(=O)c2cccc3[nH]c(-c4ccccc4)c(S(=O)(=O)O)c23)cc1Cl. The van der Waals surface area contributed by atoms with Crippen LogP contribution in [-0.4, -0.2) is 26.4 Å². The van der Waals surface area contributed by atoms with Crippen molar-refractivity contribution in [2.45, 2.75) is 14.7 Å². The molecule has 160 valence electrons. The second kappa shape index (κ2) is 7.54. The van der Waals surface area contributed by atoms with E-state index in [4.69, 9.17) is 28.9 Å². The Labute approximate surface area is 188 Å². The Morgan fingerprint density at radius 1 is 0.839 bits per heavy atom. The van der Waals surface area contributed by atoms with Crippen LogP contribution in [0.2, 0.25) is 10.0 Å². The van der Waals surface area contributed by atoms with Gasteiger partial charge in [-0.05, 0) is 29.8 Å². The highest BCUT2D eigenvalue weighted by Crippen LogP contribution is 2.41. The number of benzene rings is 3. The van der Waals surface area contributed by atoms with E-state index in [0.29, 0.717) is 5.56 Å². The maximum Gasteiger partial charge on any atom is 0.297 e. The Bertz CT molecular complexity index is 1550. The van der Waals surface area contributed by atoms with Crippen molar-refractivity contribution in [2.75, 3.05) is 5.73 Å². The van der Waals surface area contributed by atoms with Crippen molar-refractivity contribution in [2.24, 2.45) is 0 Å². The highest BCUT2D eigenvalue weighted by Gasteiger charge is 2.31. The maximum absolute atomic E-state index is 13.5. The Hall–Kier alpha value is -2.56. The Kier molecular flexibility index (Phi) is 5.27. The standard InChI is InChI=1S/C20H14Cl2N2O5S2/c21-12-10-17(13(22)9-14(12)23)30(25,26)16-8-4-7-15-18(16)20(31(27,28)29)19(24-15)11-5-2-1-3-6-11/h1-10,24H,23H2,(H,27,28,29). The minimum Gasteiger partial charge on any atom is -0.397 e. The average Bonchev–Trinajstić information content (AvgIpc) is 3.11. The van der Waals surface area contributed by atoms with Crippen molar-refractivity contribution in [1.29, 1.82) is 0 Å². The minimum absolute atomic E-state index is 0.0239. The summed E-state index contributed by atoms with van der Waals surface area (Å²) in [5.41, 5.74) is 6.48. The van der Waals surface area contributed by atoms with Gasteiger partial charge in [0.05, 0.1) is 31.2 Å². The predicted molar refractivity (Wildman–Crippen MR) is 120 cm³/mol. The van der Waals surface area contributed by atoms with Crippen LogP contribution in [0, 0.1) is 0 Å². The molecular weight excluding hydrogens is 483 g/mol. The van der Waals surface area contributed by atoms with E-state index in [1.54, 1.807) is 30.3 Å². The molecule has 31 heavy (non-hydrogen) atoms. The van der Waals surface area contributed by atoms with Gasteiger partial charge in [0.1, 0.15) is 4.90 Å². The smallest absolute Gasteiger partial charge is 0.297 e. The van der Waals surface area contributed by atoms with Crippen molar-refractivity contribution in [3.8, 4) is 11.3 Å². The van der Waals surface area contributed by atoms with Gasteiger partial charge in [0, 0.05) is 10.9 Å². The summed E-state index contributed by atoms with van der Waals surface area (Å²) >= 11 is 12.1. The van der Waals surface area contributed by atoms with Crippen LogP contribution in [0.15, 0.2) is 75.4 Å². The molecule has 0 amide bonds. The topological polar surface area (TPSA) is 130 Å². The zero-order valence-electron chi connectivity index (χ0n) is 15.5. The lowest BCUT2D eigenvalue weighted by Crippen LogP contribution is -2.07. The number of aromatic nitrogens is 1. The molecule has 7 nitrogen and oxygen atoms in total. The van der Waals surface area contributed by atoms with E-state index in [0.717, 1.165) is 6.07 Å². The van der Waals surface area contributed by atoms with E-state index in [-0.39, 0.29) is 42.1 Å². The molecule has 4 rings (SSSR count). The van der Waals surface area contributed by atoms with Crippen molar-refractivity contribution in [1.82, 2.24) is 4.98 Å². The number of anilines is 1. The number of nitrogens with one attached hydrogen (secondary N) is 1. The molecular formula is C20H14Cl2N2O5S2. The van der Waals surface area contributed by atoms with E-state index >= 15 is 0 Å². The molecule has 0 bridgehead atoms. The summed E-state index contributed by atoms with van der Waals surface area (Å²) in [5.74, 6) is 0. The Morgan fingerprint density at radius 3 is 2.16 bits per heavy atom. The molecule has 0 aliphatic rings. The largest absolute Gasteiger partial charge is 0.397 e. The fourth-order valence-electron chi connectivity index (χ4n) is 3.34. The number of hydrogen-bond donors (Lipinski definition) is 3. The van der Waals surface area contributed by atoms with E-state index in [9.17, 15) is 21.4 Å². The van der Waals surface area contributed by atoms with Crippen LogP contribution in [-0.2, 0) is 20.0 Å². The van der Waals surface area contributed by atoms with Crippen LogP contribution >= 0.6 is 23.2 Å². The first kappa shape index (κ1) is 21.7. The van der Waals surface area contributed by atoms with Gasteiger partial charge >= 0.3 is 0 Å². The lowest BCUT2D eigenvalue weighted by atomic mass is 10.1. The molecule has 0 fully saturated rings. The highest BCUT2D eigenvalue weighted by molar-refractivity contribution is 7.92.